The lowest BCUT2D eigenvalue weighted by Gasteiger charge is -2.06. The Morgan fingerprint density at radius 2 is 2.44 bits per heavy atom. The summed E-state index contributed by atoms with van der Waals surface area (Å²) in [5.41, 5.74) is 7.28. The second kappa shape index (κ2) is 5.59. The maximum absolute atomic E-state index is 10.4. The lowest BCUT2D eigenvalue weighted by molar-refractivity contribution is 0.249. The van der Waals surface area contributed by atoms with Crippen LogP contribution >= 0.6 is 0 Å². The highest BCUT2D eigenvalue weighted by Crippen LogP contribution is 2.28. The van der Waals surface area contributed by atoms with E-state index in [0.29, 0.717) is 17.9 Å². The van der Waals surface area contributed by atoms with Gasteiger partial charge in [0.1, 0.15) is 0 Å². The Morgan fingerprint density at radius 1 is 1.69 bits per heavy atom. The predicted molar refractivity (Wildman–Crippen MR) is 59.6 cm³/mol. The number of benzene rings is 1. The van der Waals surface area contributed by atoms with E-state index in [2.05, 4.69) is 5.10 Å². The fourth-order valence-corrected chi connectivity index (χ4v) is 1.08. The summed E-state index contributed by atoms with van der Waals surface area (Å²) in [5, 5.41) is 13.3. The van der Waals surface area contributed by atoms with E-state index in [-0.39, 0.29) is 5.75 Å². The van der Waals surface area contributed by atoms with Crippen molar-refractivity contribution in [2.75, 3.05) is 6.61 Å². The summed E-state index contributed by atoms with van der Waals surface area (Å²) in [7, 11) is 0. The molecule has 0 aliphatic carbocycles. The number of hydrogen-bond donors (Lipinski definition) is 3. The Bertz CT molecular complexity index is 404. The molecule has 0 spiro atoms. The normalized spacial score (nSPS) is 10.3. The quantitative estimate of drug-likeness (QED) is 0.520. The van der Waals surface area contributed by atoms with Gasteiger partial charge < -0.3 is 15.6 Å². The van der Waals surface area contributed by atoms with E-state index in [9.17, 15) is 9.90 Å². The minimum atomic E-state index is -0.767. The summed E-state index contributed by atoms with van der Waals surface area (Å²) < 4.78 is 5.18. The van der Waals surface area contributed by atoms with Gasteiger partial charge in [0.05, 0.1) is 12.8 Å². The number of phenols is 1. The van der Waals surface area contributed by atoms with E-state index in [0.717, 1.165) is 0 Å². The topological polar surface area (TPSA) is 96.9 Å². The van der Waals surface area contributed by atoms with Crippen molar-refractivity contribution < 1.29 is 14.6 Å². The molecule has 0 unspecified atom stereocenters. The number of phenolic OH excluding ortho intramolecular Hbond substituents is 1. The number of hydrogen-bond acceptors (Lipinski definition) is 4. The van der Waals surface area contributed by atoms with Crippen molar-refractivity contribution in [3.05, 3.63) is 23.8 Å². The fraction of sp³-hybridized carbons (Fsp3) is 0.200. The Hall–Kier alpha value is -2.24. The molecule has 0 aliphatic rings. The lowest BCUT2D eigenvalue weighted by Crippen LogP contribution is -2.24. The molecule has 0 aromatic heterocycles. The second-order valence-corrected chi connectivity index (χ2v) is 2.86. The molecule has 16 heavy (non-hydrogen) atoms. The third-order valence-corrected chi connectivity index (χ3v) is 1.71. The zero-order valence-electron chi connectivity index (χ0n) is 8.80. The monoisotopic (exact) mass is 223 g/mol. The van der Waals surface area contributed by atoms with Crippen LogP contribution < -0.4 is 15.9 Å². The molecule has 4 N–H and O–H groups in total. The Kier molecular flexibility index (Phi) is 4.14. The van der Waals surface area contributed by atoms with Gasteiger partial charge in [-0.15, -0.1) is 0 Å². The maximum Gasteiger partial charge on any atom is 0.332 e. The van der Waals surface area contributed by atoms with E-state index in [1.165, 1.54) is 6.21 Å². The number of nitrogens with two attached hydrogens (primary N) is 1. The third kappa shape index (κ3) is 3.16. The summed E-state index contributed by atoms with van der Waals surface area (Å²) in [5.74, 6) is 0.338. The number of ether oxygens (including phenoxy) is 1. The van der Waals surface area contributed by atoms with Gasteiger partial charge in [-0.1, -0.05) is 6.07 Å². The number of rotatable bonds is 4. The summed E-state index contributed by atoms with van der Waals surface area (Å²) in [6, 6.07) is 4.20. The Morgan fingerprint density at radius 3 is 3.06 bits per heavy atom. The van der Waals surface area contributed by atoms with Gasteiger partial charge in [-0.25, -0.2) is 10.2 Å². The zero-order chi connectivity index (χ0) is 12.0. The van der Waals surface area contributed by atoms with Crippen LogP contribution in [0.3, 0.4) is 0 Å². The molecule has 0 saturated carbocycles. The molecule has 0 radical (unpaired) electrons. The molecule has 0 fully saturated rings. The predicted octanol–water partition coefficient (Wildman–Crippen LogP) is 0.793. The third-order valence-electron chi connectivity index (χ3n) is 1.71. The van der Waals surface area contributed by atoms with Crippen LogP contribution in [0.4, 0.5) is 4.79 Å². The summed E-state index contributed by atoms with van der Waals surface area (Å²) in [6.45, 7) is 2.27. The van der Waals surface area contributed by atoms with Gasteiger partial charge in [0.25, 0.3) is 0 Å². The van der Waals surface area contributed by atoms with Gasteiger partial charge in [0.2, 0.25) is 0 Å². The standard InChI is InChI=1S/C10H13N3O3/c1-2-16-8-5-3-4-7(9(8)14)6-12-13-10(11)15/h3-6,14H,2H2,1H3,(H3,11,13,15)/b12-6-. The van der Waals surface area contributed by atoms with Crippen LogP contribution in [0.5, 0.6) is 11.5 Å². The van der Waals surface area contributed by atoms with Crippen molar-refractivity contribution >= 4 is 12.2 Å². The number of hydrazone groups is 1. The molecule has 0 bridgehead atoms. The first kappa shape index (κ1) is 11.8. The van der Waals surface area contributed by atoms with Gasteiger partial charge in [-0.2, -0.15) is 5.10 Å². The molecule has 1 aromatic rings. The van der Waals surface area contributed by atoms with Crippen LogP contribution in [0.25, 0.3) is 0 Å². The summed E-state index contributed by atoms with van der Waals surface area (Å²) >= 11 is 0. The molecule has 1 rings (SSSR count). The number of amides is 2. The van der Waals surface area contributed by atoms with Crippen LogP contribution in [-0.2, 0) is 0 Å². The molecule has 2 amide bonds. The van der Waals surface area contributed by atoms with Crippen LogP contribution in [-0.4, -0.2) is 24.0 Å². The van der Waals surface area contributed by atoms with Crippen LogP contribution in [0.2, 0.25) is 0 Å². The largest absolute Gasteiger partial charge is 0.504 e. The number of urea groups is 1. The molecule has 0 aliphatic heterocycles. The van der Waals surface area contributed by atoms with Gasteiger partial charge in [0.15, 0.2) is 11.5 Å². The minimum Gasteiger partial charge on any atom is -0.504 e. The van der Waals surface area contributed by atoms with Gasteiger partial charge in [0, 0.05) is 5.56 Å². The molecule has 0 atom stereocenters. The van der Waals surface area contributed by atoms with Crippen molar-refractivity contribution in [1.29, 1.82) is 0 Å². The number of carbonyl (C=O) groups excluding carboxylic acids is 1. The maximum atomic E-state index is 10.4. The Labute approximate surface area is 92.7 Å². The Balaban J connectivity index is 2.84. The molecular weight excluding hydrogens is 210 g/mol. The highest BCUT2D eigenvalue weighted by molar-refractivity contribution is 5.85. The first-order chi connectivity index (χ1) is 7.65. The van der Waals surface area contributed by atoms with Gasteiger partial charge in [-0.3, -0.25) is 0 Å². The zero-order valence-corrected chi connectivity index (χ0v) is 8.80. The molecule has 6 nitrogen and oxygen atoms in total. The highest BCUT2D eigenvalue weighted by atomic mass is 16.5. The van der Waals surface area contributed by atoms with E-state index >= 15 is 0 Å². The summed E-state index contributed by atoms with van der Waals surface area (Å²) in [4.78, 5) is 10.4. The SMILES string of the molecule is CCOc1cccc(/C=N\NC(N)=O)c1O. The highest BCUT2D eigenvalue weighted by Gasteiger charge is 2.05. The number of nitrogens with one attached hydrogen (secondary N) is 1. The van der Waals surface area contributed by atoms with E-state index in [4.69, 9.17) is 10.5 Å². The molecule has 1 aromatic carbocycles. The first-order valence-corrected chi connectivity index (χ1v) is 4.68. The number of primary amides is 1. The second-order valence-electron chi connectivity index (χ2n) is 2.86. The van der Waals surface area contributed by atoms with Crippen LogP contribution in [0, 0.1) is 0 Å². The fourth-order valence-electron chi connectivity index (χ4n) is 1.08. The average Bonchev–Trinajstić information content (AvgIpc) is 2.23. The molecule has 6 heteroatoms. The first-order valence-electron chi connectivity index (χ1n) is 4.68. The van der Waals surface area contributed by atoms with Crippen LogP contribution in [0.15, 0.2) is 23.3 Å². The van der Waals surface area contributed by atoms with Crippen molar-refractivity contribution in [2.45, 2.75) is 6.92 Å². The minimum absolute atomic E-state index is 0.0284. The van der Waals surface area contributed by atoms with E-state index in [1.54, 1.807) is 18.2 Å². The number of nitrogens with zero attached hydrogens (tertiary/aromatic N) is 1. The molecule has 0 heterocycles. The average molecular weight is 223 g/mol. The van der Waals surface area contributed by atoms with Crippen molar-refractivity contribution in [3.63, 3.8) is 0 Å². The summed E-state index contributed by atoms with van der Waals surface area (Å²) in [6.07, 6.45) is 1.28. The smallest absolute Gasteiger partial charge is 0.332 e. The lowest BCUT2D eigenvalue weighted by atomic mass is 10.2. The van der Waals surface area contributed by atoms with Crippen LogP contribution in [0.1, 0.15) is 12.5 Å². The molecule has 0 saturated heterocycles. The van der Waals surface area contributed by atoms with Crippen molar-refractivity contribution in [2.24, 2.45) is 10.8 Å². The van der Waals surface area contributed by atoms with E-state index in [1.807, 2.05) is 12.3 Å². The van der Waals surface area contributed by atoms with E-state index < -0.39 is 6.03 Å². The number of carbonyl (C=O) groups is 1. The number of para-hydroxylation sites is 1. The van der Waals surface area contributed by atoms with Crippen molar-refractivity contribution in [3.8, 4) is 11.5 Å². The van der Waals surface area contributed by atoms with Gasteiger partial charge in [-0.05, 0) is 19.1 Å². The molecule has 86 valence electrons. The van der Waals surface area contributed by atoms with Crippen molar-refractivity contribution in [1.82, 2.24) is 5.43 Å². The number of aromatic hydroxyl groups is 1. The van der Waals surface area contributed by atoms with Gasteiger partial charge >= 0.3 is 6.03 Å². The molecular formula is C10H13N3O3.